The van der Waals surface area contributed by atoms with E-state index in [0.29, 0.717) is 18.7 Å². The van der Waals surface area contributed by atoms with Gasteiger partial charge in [-0.1, -0.05) is 67.6 Å². The van der Waals surface area contributed by atoms with Gasteiger partial charge in [0.05, 0.1) is 18.6 Å². The molecule has 1 aliphatic heterocycles. The number of rotatable bonds is 9. The second-order valence-corrected chi connectivity index (χ2v) is 8.80. The largest absolute Gasteiger partial charge is 0.394 e. The molecular weight excluding hydrogens is 450 g/mol. The van der Waals surface area contributed by atoms with Crippen molar-refractivity contribution in [3.8, 4) is 0 Å². The number of hydrogen-bond donors (Lipinski definition) is 2. The van der Waals surface area contributed by atoms with Crippen molar-refractivity contribution in [3.05, 3.63) is 107 Å². The minimum Gasteiger partial charge on any atom is -0.394 e. The third kappa shape index (κ3) is 5.19. The molecule has 0 bridgehead atoms. The highest BCUT2D eigenvalue weighted by atomic mass is 16.5. The Bertz CT molecular complexity index is 1240. The third-order valence-electron chi connectivity index (χ3n) is 6.59. The first-order valence-corrected chi connectivity index (χ1v) is 12.3. The molecule has 0 aromatic heterocycles. The Hall–Kier alpha value is -3.90. The van der Waals surface area contributed by atoms with Crippen LogP contribution in [0, 0.1) is 0 Å². The fourth-order valence-electron chi connectivity index (χ4n) is 4.87. The number of benzene rings is 3. The summed E-state index contributed by atoms with van der Waals surface area (Å²) in [5.41, 5.74) is 4.96. The van der Waals surface area contributed by atoms with Crippen molar-refractivity contribution in [2.45, 2.75) is 25.3 Å². The lowest BCUT2D eigenvalue weighted by molar-refractivity contribution is -0.118. The van der Waals surface area contributed by atoms with Crippen molar-refractivity contribution in [2.75, 3.05) is 32.6 Å². The van der Waals surface area contributed by atoms with Gasteiger partial charge in [0.15, 0.2) is 0 Å². The summed E-state index contributed by atoms with van der Waals surface area (Å²) in [6.45, 7) is 2.80. The summed E-state index contributed by atoms with van der Waals surface area (Å²) in [5.74, 6) is -0.892. The fourth-order valence-corrected chi connectivity index (χ4v) is 4.87. The molecule has 2 atom stereocenters. The van der Waals surface area contributed by atoms with E-state index in [-0.39, 0.29) is 11.8 Å². The molecule has 2 amide bonds. The zero-order valence-corrected chi connectivity index (χ0v) is 21.0. The molecule has 0 saturated carbocycles. The predicted octanol–water partition coefficient (Wildman–Crippen LogP) is 4.70. The van der Waals surface area contributed by atoms with Gasteiger partial charge in [-0.05, 0) is 46.9 Å². The van der Waals surface area contributed by atoms with Crippen molar-refractivity contribution in [1.82, 2.24) is 10.2 Å². The van der Waals surface area contributed by atoms with Gasteiger partial charge >= 0.3 is 0 Å². The minimum absolute atomic E-state index is 0.109. The Morgan fingerprint density at radius 2 is 1.78 bits per heavy atom. The number of hydrogen-bond acceptors (Lipinski definition) is 4. The molecule has 1 heterocycles. The van der Waals surface area contributed by atoms with Crippen molar-refractivity contribution in [3.63, 3.8) is 0 Å². The highest BCUT2D eigenvalue weighted by Crippen LogP contribution is 2.40. The lowest BCUT2D eigenvalue weighted by Crippen LogP contribution is -2.53. The summed E-state index contributed by atoms with van der Waals surface area (Å²) < 4.78 is 5.36. The maximum atomic E-state index is 14.1. The van der Waals surface area contributed by atoms with Crippen LogP contribution >= 0.6 is 0 Å². The number of fused-ring (bicyclic) bond motifs is 1. The molecule has 3 aromatic carbocycles. The van der Waals surface area contributed by atoms with Gasteiger partial charge in [0.1, 0.15) is 0 Å². The van der Waals surface area contributed by atoms with E-state index >= 15 is 0 Å². The summed E-state index contributed by atoms with van der Waals surface area (Å²) in [5, 5.41) is 6.28. The summed E-state index contributed by atoms with van der Waals surface area (Å²) >= 11 is 0. The predicted molar refractivity (Wildman–Crippen MR) is 144 cm³/mol. The molecule has 0 aliphatic carbocycles. The number of nitrogens with one attached hydrogen (secondary N) is 2. The van der Waals surface area contributed by atoms with E-state index < -0.39 is 12.0 Å². The molecule has 0 saturated heterocycles. The zero-order chi connectivity index (χ0) is 25.5. The monoisotopic (exact) mass is 483 g/mol. The average Bonchev–Trinajstić information content (AvgIpc) is 2.91. The Kier molecular flexibility index (Phi) is 8.18. The number of carbonyl (C=O) groups excluding carboxylic acids is 2. The smallest absolute Gasteiger partial charge is 0.254 e. The van der Waals surface area contributed by atoms with E-state index in [1.54, 1.807) is 18.1 Å². The molecule has 6 heteroatoms. The van der Waals surface area contributed by atoms with Gasteiger partial charge in [0.2, 0.25) is 5.91 Å². The minimum atomic E-state index is -0.624. The molecular formula is C30H33N3O3. The van der Waals surface area contributed by atoms with Crippen LogP contribution in [0.15, 0.2) is 85.1 Å². The first-order valence-electron chi connectivity index (χ1n) is 12.3. The molecule has 0 radical (unpaired) electrons. The molecule has 1 aliphatic rings. The van der Waals surface area contributed by atoms with E-state index in [1.807, 2.05) is 86.0 Å². The number of nitrogens with zero attached hydrogens (tertiary/aromatic N) is 1. The van der Waals surface area contributed by atoms with Crippen LogP contribution in [0.1, 0.15) is 39.9 Å². The molecule has 3 aromatic rings. The normalized spacial score (nSPS) is 17.5. The van der Waals surface area contributed by atoms with Gasteiger partial charge in [0, 0.05) is 38.2 Å². The molecule has 186 valence electrons. The maximum absolute atomic E-state index is 14.1. The van der Waals surface area contributed by atoms with E-state index in [9.17, 15) is 9.59 Å². The average molecular weight is 484 g/mol. The summed E-state index contributed by atoms with van der Waals surface area (Å²) in [6.07, 6.45) is 2.76. The molecule has 0 spiro atoms. The Balaban J connectivity index is 1.87. The van der Waals surface area contributed by atoms with Crippen LogP contribution in [0.5, 0.6) is 0 Å². The second kappa shape index (κ2) is 11.7. The lowest BCUT2D eigenvalue weighted by atomic mass is 9.77. The van der Waals surface area contributed by atoms with Gasteiger partial charge in [0.25, 0.3) is 5.91 Å². The number of ether oxygens (including phenoxy) is 1. The van der Waals surface area contributed by atoms with Crippen LogP contribution in [-0.2, 0) is 16.0 Å². The van der Waals surface area contributed by atoms with Gasteiger partial charge in [-0.2, -0.15) is 0 Å². The van der Waals surface area contributed by atoms with E-state index in [4.69, 9.17) is 4.74 Å². The topological polar surface area (TPSA) is 70.7 Å². The van der Waals surface area contributed by atoms with Crippen molar-refractivity contribution in [1.29, 1.82) is 0 Å². The first-order chi connectivity index (χ1) is 17.6. The van der Waals surface area contributed by atoms with Crippen LogP contribution < -0.4 is 10.6 Å². The quantitative estimate of drug-likeness (QED) is 0.463. The Morgan fingerprint density at radius 3 is 2.50 bits per heavy atom. The molecule has 2 N–H and O–H groups in total. The third-order valence-corrected chi connectivity index (χ3v) is 6.59. The maximum Gasteiger partial charge on any atom is 0.254 e. The highest BCUT2D eigenvalue weighted by Gasteiger charge is 2.45. The Labute approximate surface area is 213 Å². The molecule has 2 unspecified atom stereocenters. The van der Waals surface area contributed by atoms with Gasteiger partial charge in [-0.15, -0.1) is 0 Å². The van der Waals surface area contributed by atoms with Gasteiger partial charge in [-0.3, -0.25) is 9.59 Å². The van der Waals surface area contributed by atoms with Crippen LogP contribution in [0.4, 0.5) is 5.69 Å². The number of amides is 2. The zero-order valence-electron chi connectivity index (χ0n) is 21.0. The lowest BCUT2D eigenvalue weighted by Gasteiger charge is -2.42. The number of carbonyl (C=O) groups is 2. The van der Waals surface area contributed by atoms with E-state index in [0.717, 1.165) is 34.4 Å². The van der Waals surface area contributed by atoms with Crippen molar-refractivity contribution in [2.24, 2.45) is 0 Å². The Morgan fingerprint density at radius 1 is 1.03 bits per heavy atom. The fraction of sp³-hybridized carbons (Fsp3) is 0.267. The van der Waals surface area contributed by atoms with E-state index in [1.165, 1.54) is 0 Å². The van der Waals surface area contributed by atoms with Crippen molar-refractivity contribution < 1.29 is 14.3 Å². The number of aryl methyl sites for hydroxylation is 1. The van der Waals surface area contributed by atoms with Crippen LogP contribution in [-0.4, -0.2) is 50.1 Å². The van der Waals surface area contributed by atoms with Crippen LogP contribution in [0.25, 0.3) is 5.57 Å². The van der Waals surface area contributed by atoms with E-state index in [2.05, 4.69) is 17.6 Å². The highest BCUT2D eigenvalue weighted by molar-refractivity contribution is 6.06. The molecule has 0 fully saturated rings. The SMILES string of the molecule is CCc1cccc(NC(=O)C2c3ccccc3C(=O)N(CCOC)C2/C(=C/NC)c2ccccc2)c1. The van der Waals surface area contributed by atoms with Crippen LogP contribution in [0.2, 0.25) is 0 Å². The second-order valence-electron chi connectivity index (χ2n) is 8.80. The number of methoxy groups -OCH3 is 1. The summed E-state index contributed by atoms with van der Waals surface area (Å²) in [6, 6.07) is 24.7. The molecule has 36 heavy (non-hydrogen) atoms. The summed E-state index contributed by atoms with van der Waals surface area (Å²) in [7, 11) is 3.44. The molecule has 6 nitrogen and oxygen atoms in total. The summed E-state index contributed by atoms with van der Waals surface area (Å²) in [4.78, 5) is 29.6. The van der Waals surface area contributed by atoms with Gasteiger partial charge < -0.3 is 20.3 Å². The standard InChI is InChI=1S/C30H33N3O3/c1-4-21-11-10-14-23(19-21)32-29(34)27-24-15-8-9-16-25(24)30(35)33(17-18-36-3)28(27)26(20-31-2)22-12-6-5-7-13-22/h5-16,19-20,27-28,31H,4,17-18H2,1-3H3,(H,32,34)/b26-20+. The van der Waals surface area contributed by atoms with Gasteiger partial charge in [-0.25, -0.2) is 0 Å². The van der Waals surface area contributed by atoms with Crippen molar-refractivity contribution >= 4 is 23.1 Å². The first kappa shape index (κ1) is 25.2. The van der Waals surface area contributed by atoms with Crippen LogP contribution in [0.3, 0.4) is 0 Å². The number of anilines is 1. The molecule has 4 rings (SSSR count).